The van der Waals surface area contributed by atoms with Crippen molar-refractivity contribution in [2.45, 2.75) is 51.5 Å². The average molecular weight is 386 g/mol. The van der Waals surface area contributed by atoms with Gasteiger partial charge in [0, 0.05) is 50.1 Å². The van der Waals surface area contributed by atoms with Gasteiger partial charge in [-0.2, -0.15) is 0 Å². The Labute approximate surface area is 167 Å². The Kier molecular flexibility index (Phi) is 7.06. The van der Waals surface area contributed by atoms with E-state index in [4.69, 9.17) is 0 Å². The van der Waals surface area contributed by atoms with Gasteiger partial charge >= 0.3 is 0 Å². The predicted octanol–water partition coefficient (Wildman–Crippen LogP) is 2.45. The van der Waals surface area contributed by atoms with Crippen molar-refractivity contribution >= 4 is 17.7 Å². The van der Waals surface area contributed by atoms with Crippen LogP contribution in [0.3, 0.4) is 0 Å². The molecule has 2 saturated heterocycles. The summed E-state index contributed by atoms with van der Waals surface area (Å²) in [5.74, 6) is 0.212. The maximum atomic E-state index is 12.6. The number of hydrogen-bond donors (Lipinski definition) is 1. The van der Waals surface area contributed by atoms with Gasteiger partial charge in [0.2, 0.25) is 11.8 Å². The molecule has 6 heteroatoms. The van der Waals surface area contributed by atoms with Crippen LogP contribution in [0.2, 0.25) is 0 Å². The second-order valence-electron chi connectivity index (χ2n) is 7.99. The standard InChI is InChI=1S/C22H31N3O3/c1-17(23-21(27)18-8-4-2-5-9-18)16-20(26)24-14-10-19(11-15-24)22(28)25-12-6-3-7-13-25/h2,4-5,8-9,17,19H,3,6-7,10-16H2,1H3,(H,23,27). The summed E-state index contributed by atoms with van der Waals surface area (Å²) in [6, 6.07) is 8.79. The highest BCUT2D eigenvalue weighted by Gasteiger charge is 2.31. The van der Waals surface area contributed by atoms with Gasteiger partial charge in [-0.1, -0.05) is 18.2 Å². The van der Waals surface area contributed by atoms with Crippen LogP contribution in [0.1, 0.15) is 55.8 Å². The van der Waals surface area contributed by atoms with Gasteiger partial charge in [0.25, 0.3) is 5.91 Å². The molecule has 2 heterocycles. The highest BCUT2D eigenvalue weighted by atomic mass is 16.2. The van der Waals surface area contributed by atoms with E-state index in [2.05, 4.69) is 5.32 Å². The van der Waals surface area contributed by atoms with E-state index in [9.17, 15) is 14.4 Å². The molecular weight excluding hydrogens is 354 g/mol. The molecule has 28 heavy (non-hydrogen) atoms. The first-order valence-electron chi connectivity index (χ1n) is 10.5. The molecule has 3 amide bonds. The smallest absolute Gasteiger partial charge is 0.251 e. The third-order valence-electron chi connectivity index (χ3n) is 5.76. The molecule has 2 aliphatic rings. The topological polar surface area (TPSA) is 69.7 Å². The molecule has 6 nitrogen and oxygen atoms in total. The minimum absolute atomic E-state index is 0.0460. The van der Waals surface area contributed by atoms with Crippen molar-refractivity contribution in [2.75, 3.05) is 26.2 Å². The number of nitrogens with zero attached hydrogens (tertiary/aromatic N) is 2. The summed E-state index contributed by atoms with van der Waals surface area (Å²) < 4.78 is 0. The second kappa shape index (κ2) is 9.71. The lowest BCUT2D eigenvalue weighted by atomic mass is 9.94. The predicted molar refractivity (Wildman–Crippen MR) is 108 cm³/mol. The third-order valence-corrected chi connectivity index (χ3v) is 5.76. The molecule has 0 saturated carbocycles. The van der Waals surface area contributed by atoms with Gasteiger partial charge in [0.05, 0.1) is 0 Å². The molecular formula is C22H31N3O3. The van der Waals surface area contributed by atoms with Gasteiger partial charge in [-0.25, -0.2) is 0 Å². The lowest BCUT2D eigenvalue weighted by molar-refractivity contribution is -0.141. The van der Waals surface area contributed by atoms with Crippen LogP contribution in [-0.2, 0) is 9.59 Å². The van der Waals surface area contributed by atoms with E-state index in [1.54, 1.807) is 12.1 Å². The molecule has 0 radical (unpaired) electrons. The first-order valence-corrected chi connectivity index (χ1v) is 10.5. The summed E-state index contributed by atoms with van der Waals surface area (Å²) in [6.07, 6.45) is 5.20. The van der Waals surface area contributed by atoms with Gasteiger partial charge in [0.15, 0.2) is 0 Å². The maximum absolute atomic E-state index is 12.6. The van der Waals surface area contributed by atoms with Crippen LogP contribution in [0.25, 0.3) is 0 Å². The van der Waals surface area contributed by atoms with E-state index in [1.807, 2.05) is 34.9 Å². The van der Waals surface area contributed by atoms with Gasteiger partial charge in [0.1, 0.15) is 0 Å². The van der Waals surface area contributed by atoms with Crippen LogP contribution >= 0.6 is 0 Å². The Morgan fingerprint density at radius 2 is 1.61 bits per heavy atom. The molecule has 1 unspecified atom stereocenters. The van der Waals surface area contributed by atoms with E-state index in [0.717, 1.165) is 38.8 Å². The average Bonchev–Trinajstić information content (AvgIpc) is 2.74. The van der Waals surface area contributed by atoms with Crippen molar-refractivity contribution in [1.82, 2.24) is 15.1 Å². The fourth-order valence-electron chi connectivity index (χ4n) is 4.09. The summed E-state index contributed by atoms with van der Waals surface area (Å²) in [7, 11) is 0. The van der Waals surface area contributed by atoms with Crippen molar-refractivity contribution in [3.05, 3.63) is 35.9 Å². The molecule has 1 atom stereocenters. The number of nitrogens with one attached hydrogen (secondary N) is 1. The molecule has 1 N–H and O–H groups in total. The van der Waals surface area contributed by atoms with Gasteiger partial charge in [-0.15, -0.1) is 0 Å². The Morgan fingerprint density at radius 3 is 2.25 bits per heavy atom. The number of likely N-dealkylation sites (tertiary alicyclic amines) is 2. The van der Waals surface area contributed by atoms with Gasteiger partial charge in [-0.3, -0.25) is 14.4 Å². The van der Waals surface area contributed by atoms with Crippen molar-refractivity contribution in [3.63, 3.8) is 0 Å². The van der Waals surface area contributed by atoms with Crippen LogP contribution in [0.5, 0.6) is 0 Å². The summed E-state index contributed by atoms with van der Waals surface area (Å²) in [6.45, 7) is 4.88. The van der Waals surface area contributed by atoms with E-state index in [0.29, 0.717) is 18.7 Å². The fraction of sp³-hybridized carbons (Fsp3) is 0.591. The molecule has 2 fully saturated rings. The molecule has 3 rings (SSSR count). The number of benzene rings is 1. The summed E-state index contributed by atoms with van der Waals surface area (Å²) >= 11 is 0. The number of piperidine rings is 2. The van der Waals surface area contributed by atoms with E-state index in [-0.39, 0.29) is 36.1 Å². The minimum Gasteiger partial charge on any atom is -0.349 e. The number of amides is 3. The maximum Gasteiger partial charge on any atom is 0.251 e. The molecule has 152 valence electrons. The van der Waals surface area contributed by atoms with Crippen molar-refractivity contribution in [2.24, 2.45) is 5.92 Å². The Hall–Kier alpha value is -2.37. The Bertz CT molecular complexity index is 678. The minimum atomic E-state index is -0.229. The van der Waals surface area contributed by atoms with E-state index >= 15 is 0 Å². The second-order valence-corrected chi connectivity index (χ2v) is 7.99. The van der Waals surface area contributed by atoms with Crippen LogP contribution in [0.4, 0.5) is 0 Å². The molecule has 1 aromatic rings. The lowest BCUT2D eigenvalue weighted by Crippen LogP contribution is -2.46. The SMILES string of the molecule is CC(CC(=O)N1CCC(C(=O)N2CCCCC2)CC1)NC(=O)c1ccccc1. The van der Waals surface area contributed by atoms with Crippen molar-refractivity contribution < 1.29 is 14.4 Å². The Morgan fingerprint density at radius 1 is 0.964 bits per heavy atom. The lowest BCUT2D eigenvalue weighted by Gasteiger charge is -2.36. The zero-order chi connectivity index (χ0) is 19.9. The summed E-state index contributed by atoms with van der Waals surface area (Å²) in [5.41, 5.74) is 0.596. The summed E-state index contributed by atoms with van der Waals surface area (Å²) in [5, 5.41) is 2.89. The molecule has 2 aliphatic heterocycles. The first kappa shape index (κ1) is 20.4. The van der Waals surface area contributed by atoms with Crippen molar-refractivity contribution in [3.8, 4) is 0 Å². The quantitative estimate of drug-likeness (QED) is 0.846. The molecule has 0 aliphatic carbocycles. The largest absolute Gasteiger partial charge is 0.349 e. The zero-order valence-corrected chi connectivity index (χ0v) is 16.7. The zero-order valence-electron chi connectivity index (χ0n) is 16.7. The van der Waals surface area contributed by atoms with Crippen LogP contribution in [-0.4, -0.2) is 59.7 Å². The summed E-state index contributed by atoms with van der Waals surface area (Å²) in [4.78, 5) is 41.3. The monoisotopic (exact) mass is 385 g/mol. The van der Waals surface area contributed by atoms with E-state index in [1.165, 1.54) is 6.42 Å². The van der Waals surface area contributed by atoms with Gasteiger partial charge in [-0.05, 0) is 51.2 Å². The van der Waals surface area contributed by atoms with E-state index < -0.39 is 0 Å². The molecule has 0 bridgehead atoms. The number of rotatable bonds is 5. The van der Waals surface area contributed by atoms with Crippen LogP contribution in [0.15, 0.2) is 30.3 Å². The van der Waals surface area contributed by atoms with Crippen LogP contribution in [0, 0.1) is 5.92 Å². The normalized spacial score (nSPS) is 19.2. The number of carbonyl (C=O) groups is 3. The fourth-order valence-corrected chi connectivity index (χ4v) is 4.09. The molecule has 0 spiro atoms. The van der Waals surface area contributed by atoms with Gasteiger partial charge < -0.3 is 15.1 Å². The number of carbonyl (C=O) groups excluding carboxylic acids is 3. The molecule has 1 aromatic carbocycles. The Balaban J connectivity index is 1.42. The third kappa shape index (κ3) is 5.33. The highest BCUT2D eigenvalue weighted by molar-refractivity contribution is 5.94. The van der Waals surface area contributed by atoms with Crippen LogP contribution < -0.4 is 5.32 Å². The highest BCUT2D eigenvalue weighted by Crippen LogP contribution is 2.22. The first-order chi connectivity index (χ1) is 13.5. The number of hydrogen-bond acceptors (Lipinski definition) is 3. The molecule has 0 aromatic heterocycles. The van der Waals surface area contributed by atoms with Crippen molar-refractivity contribution in [1.29, 1.82) is 0 Å².